The Labute approximate surface area is 160 Å². The number of carbonyl (C=O) groups is 2. The molecule has 0 saturated carbocycles. The Hall–Kier alpha value is -2.82. The molecule has 2 amide bonds. The third-order valence-electron chi connectivity index (χ3n) is 5.11. The number of hydrogen-bond acceptors (Lipinski definition) is 3. The van der Waals surface area contributed by atoms with Crippen LogP contribution in [-0.4, -0.2) is 24.9 Å². The average molecular weight is 365 g/mol. The van der Waals surface area contributed by atoms with E-state index in [4.69, 9.17) is 5.73 Å². The van der Waals surface area contributed by atoms with E-state index in [-0.39, 0.29) is 11.8 Å². The number of nitrogens with zero attached hydrogens (tertiary/aromatic N) is 1. The monoisotopic (exact) mass is 365 g/mol. The summed E-state index contributed by atoms with van der Waals surface area (Å²) >= 11 is 0. The molecule has 1 saturated heterocycles. The second-order valence-electron chi connectivity index (χ2n) is 7.21. The van der Waals surface area contributed by atoms with Crippen LogP contribution in [-0.2, 0) is 4.79 Å². The van der Waals surface area contributed by atoms with Crippen LogP contribution in [0.5, 0.6) is 0 Å². The summed E-state index contributed by atoms with van der Waals surface area (Å²) in [5.74, 6) is -0.441. The van der Waals surface area contributed by atoms with E-state index in [1.165, 1.54) is 6.42 Å². The first-order valence-electron chi connectivity index (χ1n) is 9.58. The first-order valence-corrected chi connectivity index (χ1v) is 9.58. The van der Waals surface area contributed by atoms with E-state index in [9.17, 15) is 9.59 Å². The predicted molar refractivity (Wildman–Crippen MR) is 109 cm³/mol. The molecule has 1 aliphatic heterocycles. The minimum atomic E-state index is -0.492. The number of nitrogens with one attached hydrogen (secondary N) is 1. The number of primary amides is 1. The van der Waals surface area contributed by atoms with Crippen LogP contribution in [0.2, 0.25) is 0 Å². The normalized spacial score (nSPS) is 15.2. The summed E-state index contributed by atoms with van der Waals surface area (Å²) in [7, 11) is 0. The van der Waals surface area contributed by atoms with Gasteiger partial charge in [-0.2, -0.15) is 0 Å². The highest BCUT2D eigenvalue weighted by atomic mass is 16.2. The quantitative estimate of drug-likeness (QED) is 0.815. The number of rotatable bonds is 6. The Bertz CT molecular complexity index is 798. The van der Waals surface area contributed by atoms with Crippen molar-refractivity contribution in [2.75, 3.05) is 23.3 Å². The Morgan fingerprint density at radius 2 is 1.78 bits per heavy atom. The smallest absolute Gasteiger partial charge is 0.248 e. The Kier molecular flexibility index (Phi) is 6.12. The van der Waals surface area contributed by atoms with Gasteiger partial charge in [-0.05, 0) is 48.9 Å². The average Bonchev–Trinajstić information content (AvgIpc) is 2.69. The van der Waals surface area contributed by atoms with Crippen molar-refractivity contribution in [2.45, 2.75) is 38.5 Å². The van der Waals surface area contributed by atoms with Gasteiger partial charge in [0.1, 0.15) is 0 Å². The molecule has 0 spiro atoms. The lowest BCUT2D eigenvalue weighted by atomic mass is 9.97. The zero-order valence-electron chi connectivity index (χ0n) is 15.8. The Morgan fingerprint density at radius 3 is 2.44 bits per heavy atom. The maximum atomic E-state index is 12.7. The molecule has 0 bridgehead atoms. The van der Waals surface area contributed by atoms with Crippen LogP contribution in [0.3, 0.4) is 0 Å². The summed E-state index contributed by atoms with van der Waals surface area (Å²) in [5.41, 5.74) is 8.60. The lowest BCUT2D eigenvalue weighted by Gasteiger charge is -2.31. The van der Waals surface area contributed by atoms with E-state index in [1.54, 1.807) is 12.1 Å². The molecule has 1 heterocycles. The maximum Gasteiger partial charge on any atom is 0.248 e. The Balaban J connectivity index is 1.77. The van der Waals surface area contributed by atoms with E-state index in [2.05, 4.69) is 10.2 Å². The minimum absolute atomic E-state index is 0.0637. The number of piperidine rings is 1. The molecule has 0 aliphatic carbocycles. The number of hydrogen-bond donors (Lipinski definition) is 2. The summed E-state index contributed by atoms with van der Waals surface area (Å²) in [6.45, 7) is 3.96. The summed E-state index contributed by atoms with van der Waals surface area (Å²) in [6.07, 6.45) is 3.88. The van der Waals surface area contributed by atoms with Gasteiger partial charge in [0.2, 0.25) is 11.8 Å². The maximum absolute atomic E-state index is 12.7. The van der Waals surface area contributed by atoms with Crippen molar-refractivity contribution in [2.24, 2.45) is 5.73 Å². The molecule has 142 valence electrons. The molecule has 1 aliphatic rings. The SMILES string of the molecule is CC(CC(=O)Nc1cc(C(N)=O)ccc1N1CCCCC1)c1ccccc1. The molecule has 1 unspecified atom stereocenters. The highest BCUT2D eigenvalue weighted by Gasteiger charge is 2.18. The molecule has 2 aromatic carbocycles. The van der Waals surface area contributed by atoms with Crippen molar-refractivity contribution >= 4 is 23.2 Å². The van der Waals surface area contributed by atoms with Crippen LogP contribution >= 0.6 is 0 Å². The van der Waals surface area contributed by atoms with Crippen molar-refractivity contribution in [3.8, 4) is 0 Å². The second-order valence-corrected chi connectivity index (χ2v) is 7.21. The minimum Gasteiger partial charge on any atom is -0.370 e. The second kappa shape index (κ2) is 8.71. The highest BCUT2D eigenvalue weighted by molar-refractivity contribution is 5.99. The van der Waals surface area contributed by atoms with E-state index in [0.29, 0.717) is 17.7 Å². The molecule has 1 fully saturated rings. The predicted octanol–water partition coefficient (Wildman–Crippen LogP) is 3.91. The number of amides is 2. The largest absolute Gasteiger partial charge is 0.370 e. The molecule has 5 nitrogen and oxygen atoms in total. The zero-order chi connectivity index (χ0) is 19.2. The standard InChI is InChI=1S/C22H27N3O2/c1-16(17-8-4-2-5-9-17)14-21(26)24-19-15-18(22(23)27)10-11-20(19)25-12-6-3-7-13-25/h2,4-5,8-11,15-16H,3,6-7,12-14H2,1H3,(H2,23,27)(H,24,26). The number of carbonyl (C=O) groups excluding carboxylic acids is 2. The first-order chi connectivity index (χ1) is 13.0. The van der Waals surface area contributed by atoms with Crippen molar-refractivity contribution < 1.29 is 9.59 Å². The number of anilines is 2. The van der Waals surface area contributed by atoms with Crippen molar-refractivity contribution in [3.63, 3.8) is 0 Å². The Morgan fingerprint density at radius 1 is 1.07 bits per heavy atom. The summed E-state index contributed by atoms with van der Waals surface area (Å²) in [4.78, 5) is 26.5. The van der Waals surface area contributed by atoms with Crippen LogP contribution in [0, 0.1) is 0 Å². The van der Waals surface area contributed by atoms with Gasteiger partial charge in [0.15, 0.2) is 0 Å². The van der Waals surface area contributed by atoms with Gasteiger partial charge in [0.25, 0.3) is 0 Å². The molecule has 0 radical (unpaired) electrons. The third kappa shape index (κ3) is 4.88. The van der Waals surface area contributed by atoms with Gasteiger partial charge in [0.05, 0.1) is 11.4 Å². The fraction of sp³-hybridized carbons (Fsp3) is 0.364. The molecule has 0 aromatic heterocycles. The topological polar surface area (TPSA) is 75.4 Å². The molecular formula is C22H27N3O2. The van der Waals surface area contributed by atoms with Gasteiger partial charge in [0, 0.05) is 25.1 Å². The van der Waals surface area contributed by atoms with Crippen LogP contribution in [0.25, 0.3) is 0 Å². The fourth-order valence-corrected chi connectivity index (χ4v) is 3.58. The van der Waals surface area contributed by atoms with Crippen LogP contribution in [0.15, 0.2) is 48.5 Å². The molecule has 1 atom stereocenters. The van der Waals surface area contributed by atoms with Gasteiger partial charge in [-0.1, -0.05) is 37.3 Å². The molecule has 5 heteroatoms. The van der Waals surface area contributed by atoms with E-state index in [1.807, 2.05) is 43.3 Å². The van der Waals surface area contributed by atoms with Gasteiger partial charge in [-0.15, -0.1) is 0 Å². The van der Waals surface area contributed by atoms with Crippen molar-refractivity contribution in [1.82, 2.24) is 0 Å². The summed E-state index contributed by atoms with van der Waals surface area (Å²) in [5, 5.41) is 3.02. The number of nitrogens with two attached hydrogens (primary N) is 1. The van der Waals surface area contributed by atoms with E-state index in [0.717, 1.165) is 37.2 Å². The van der Waals surface area contributed by atoms with E-state index >= 15 is 0 Å². The van der Waals surface area contributed by atoms with Gasteiger partial charge >= 0.3 is 0 Å². The van der Waals surface area contributed by atoms with Crippen molar-refractivity contribution in [1.29, 1.82) is 0 Å². The zero-order valence-corrected chi connectivity index (χ0v) is 15.8. The fourth-order valence-electron chi connectivity index (χ4n) is 3.58. The lowest BCUT2D eigenvalue weighted by molar-refractivity contribution is -0.116. The van der Waals surface area contributed by atoms with Crippen LogP contribution in [0.4, 0.5) is 11.4 Å². The summed E-state index contributed by atoms with van der Waals surface area (Å²) in [6, 6.07) is 15.3. The summed E-state index contributed by atoms with van der Waals surface area (Å²) < 4.78 is 0. The van der Waals surface area contributed by atoms with Gasteiger partial charge in [-0.3, -0.25) is 9.59 Å². The first kappa shape index (κ1) is 19.0. The van der Waals surface area contributed by atoms with E-state index < -0.39 is 5.91 Å². The van der Waals surface area contributed by atoms with Gasteiger partial charge in [-0.25, -0.2) is 0 Å². The third-order valence-corrected chi connectivity index (χ3v) is 5.11. The van der Waals surface area contributed by atoms with Crippen LogP contribution in [0.1, 0.15) is 54.4 Å². The molecule has 3 N–H and O–H groups in total. The lowest BCUT2D eigenvalue weighted by Crippen LogP contribution is -2.30. The molecular weight excluding hydrogens is 338 g/mol. The number of benzene rings is 2. The molecule has 27 heavy (non-hydrogen) atoms. The van der Waals surface area contributed by atoms with Crippen molar-refractivity contribution in [3.05, 3.63) is 59.7 Å². The van der Waals surface area contributed by atoms with Gasteiger partial charge < -0.3 is 16.0 Å². The molecule has 2 aromatic rings. The van der Waals surface area contributed by atoms with Crippen LogP contribution < -0.4 is 16.0 Å². The molecule has 3 rings (SSSR count). The highest BCUT2D eigenvalue weighted by Crippen LogP contribution is 2.30.